The van der Waals surface area contributed by atoms with Gasteiger partial charge >= 0.3 is 0 Å². The van der Waals surface area contributed by atoms with Gasteiger partial charge in [-0.2, -0.15) is 0 Å². The number of nitrogens with zero attached hydrogens (tertiary/aromatic N) is 1. The van der Waals surface area contributed by atoms with Gasteiger partial charge in [-0.1, -0.05) is 13.8 Å². The van der Waals surface area contributed by atoms with Crippen LogP contribution in [-0.4, -0.2) is 29.5 Å². The third-order valence-corrected chi connectivity index (χ3v) is 3.61. The molecule has 0 bridgehead atoms. The van der Waals surface area contributed by atoms with Crippen LogP contribution in [0.2, 0.25) is 0 Å². The Kier molecular flexibility index (Phi) is 2.51. The van der Waals surface area contributed by atoms with Crippen LogP contribution in [0.25, 0.3) is 0 Å². The average molecular weight is 211 g/mol. The maximum atomic E-state index is 11.8. The lowest BCUT2D eigenvalue weighted by atomic mass is 9.76. The van der Waals surface area contributed by atoms with E-state index in [2.05, 4.69) is 19.3 Å². The number of amides is 1. The van der Waals surface area contributed by atoms with Crippen LogP contribution in [0.3, 0.4) is 0 Å². The molecule has 1 amide bonds. The Morgan fingerprint density at radius 1 is 1.53 bits per heavy atom. The zero-order chi connectivity index (χ0) is 11.1. The molecule has 1 heterocycles. The number of nitrogens with one attached hydrogen (secondary N) is 1. The van der Waals surface area contributed by atoms with Gasteiger partial charge in [0, 0.05) is 18.5 Å². The van der Waals surface area contributed by atoms with E-state index in [1.165, 1.54) is 6.42 Å². The molecule has 15 heavy (non-hydrogen) atoms. The van der Waals surface area contributed by atoms with Gasteiger partial charge < -0.3 is 5.73 Å². The van der Waals surface area contributed by atoms with Crippen molar-refractivity contribution >= 4 is 5.91 Å². The molecular formula is C11H21N3O. The molecule has 2 rings (SSSR count). The van der Waals surface area contributed by atoms with E-state index in [0.29, 0.717) is 19.5 Å². The number of hydrogen-bond acceptors (Lipinski definition) is 3. The first-order valence-electron chi connectivity index (χ1n) is 5.75. The van der Waals surface area contributed by atoms with Crippen molar-refractivity contribution in [2.45, 2.75) is 45.1 Å². The van der Waals surface area contributed by atoms with Crippen molar-refractivity contribution in [2.24, 2.45) is 11.1 Å². The maximum Gasteiger partial charge on any atom is 0.238 e. The summed E-state index contributed by atoms with van der Waals surface area (Å²) in [6, 6.07) is 0. The third-order valence-electron chi connectivity index (χ3n) is 3.61. The zero-order valence-electron chi connectivity index (χ0n) is 9.68. The summed E-state index contributed by atoms with van der Waals surface area (Å²) in [5.41, 5.74) is 9.16. The van der Waals surface area contributed by atoms with Gasteiger partial charge in [0.1, 0.15) is 0 Å². The normalized spacial score (nSPS) is 24.7. The molecule has 2 fully saturated rings. The quantitative estimate of drug-likeness (QED) is 0.720. The lowest BCUT2D eigenvalue weighted by Crippen LogP contribution is -2.53. The van der Waals surface area contributed by atoms with Gasteiger partial charge in [-0.15, -0.1) is 0 Å². The van der Waals surface area contributed by atoms with Gasteiger partial charge in [-0.05, 0) is 31.2 Å². The molecule has 1 spiro atoms. The van der Waals surface area contributed by atoms with Crippen LogP contribution in [0.15, 0.2) is 0 Å². The predicted molar refractivity (Wildman–Crippen MR) is 58.9 cm³/mol. The first-order chi connectivity index (χ1) is 6.96. The van der Waals surface area contributed by atoms with Crippen molar-refractivity contribution in [3.8, 4) is 0 Å². The summed E-state index contributed by atoms with van der Waals surface area (Å²) in [4.78, 5) is 11.8. The monoisotopic (exact) mass is 211 g/mol. The lowest BCUT2D eigenvalue weighted by Gasteiger charge is -2.39. The predicted octanol–water partition coefficient (Wildman–Crippen LogP) is 0.631. The molecule has 1 aliphatic carbocycles. The number of carbonyl (C=O) groups excluding carboxylic acids is 1. The average Bonchev–Trinajstić information content (AvgIpc) is 2.43. The molecule has 0 aromatic heterocycles. The fourth-order valence-corrected chi connectivity index (χ4v) is 2.29. The fraction of sp³-hybridized carbons (Fsp3) is 0.909. The molecule has 0 aromatic carbocycles. The van der Waals surface area contributed by atoms with Crippen LogP contribution in [0, 0.1) is 5.41 Å². The van der Waals surface area contributed by atoms with Crippen LogP contribution in [0.5, 0.6) is 0 Å². The van der Waals surface area contributed by atoms with E-state index in [9.17, 15) is 4.79 Å². The molecule has 0 radical (unpaired) electrons. The Labute approximate surface area is 91.2 Å². The highest BCUT2D eigenvalue weighted by Crippen LogP contribution is 2.39. The molecule has 1 aliphatic heterocycles. The van der Waals surface area contributed by atoms with Crippen LogP contribution < -0.4 is 11.2 Å². The largest absolute Gasteiger partial charge is 0.330 e. The molecule has 0 unspecified atom stereocenters. The van der Waals surface area contributed by atoms with Crippen LogP contribution >= 0.6 is 0 Å². The van der Waals surface area contributed by atoms with E-state index in [0.717, 1.165) is 12.8 Å². The minimum absolute atomic E-state index is 0.00205. The summed E-state index contributed by atoms with van der Waals surface area (Å²) in [5.74, 6) is 0.233. The Balaban J connectivity index is 1.96. The number of hydrazine groups is 1. The molecule has 4 heteroatoms. The number of hydrogen-bond donors (Lipinski definition) is 2. The molecule has 0 atom stereocenters. The summed E-state index contributed by atoms with van der Waals surface area (Å²) in [6.07, 6.45) is 4.19. The second-order valence-electron chi connectivity index (χ2n) is 5.77. The Morgan fingerprint density at radius 2 is 2.20 bits per heavy atom. The Morgan fingerprint density at radius 3 is 2.60 bits per heavy atom. The standard InChI is InChI=1S/C11H21N3O/c1-10(2,7-12)8-14-9(15)6-11(13-14)4-3-5-11/h13H,3-8,12H2,1-2H3. The molecule has 2 aliphatic rings. The van der Waals surface area contributed by atoms with Crippen molar-refractivity contribution in [1.82, 2.24) is 10.4 Å². The molecular weight excluding hydrogens is 190 g/mol. The van der Waals surface area contributed by atoms with Crippen LogP contribution in [0.4, 0.5) is 0 Å². The first kappa shape index (κ1) is 10.9. The molecule has 4 nitrogen and oxygen atoms in total. The van der Waals surface area contributed by atoms with Gasteiger partial charge in [0.2, 0.25) is 5.91 Å². The summed E-state index contributed by atoms with van der Waals surface area (Å²) in [5, 5.41) is 1.78. The van der Waals surface area contributed by atoms with Crippen molar-refractivity contribution in [1.29, 1.82) is 0 Å². The highest BCUT2D eigenvalue weighted by Gasteiger charge is 2.47. The Hall–Kier alpha value is -0.610. The highest BCUT2D eigenvalue weighted by atomic mass is 16.2. The van der Waals surface area contributed by atoms with Crippen molar-refractivity contribution in [3.63, 3.8) is 0 Å². The minimum Gasteiger partial charge on any atom is -0.330 e. The van der Waals surface area contributed by atoms with E-state index in [1.807, 2.05) is 0 Å². The maximum absolute atomic E-state index is 11.8. The van der Waals surface area contributed by atoms with Crippen LogP contribution in [0.1, 0.15) is 39.5 Å². The first-order valence-corrected chi connectivity index (χ1v) is 5.75. The van der Waals surface area contributed by atoms with E-state index in [4.69, 9.17) is 5.73 Å². The van der Waals surface area contributed by atoms with E-state index in [1.54, 1.807) is 5.01 Å². The molecule has 3 N–H and O–H groups in total. The van der Waals surface area contributed by atoms with Gasteiger partial charge in [-0.3, -0.25) is 9.80 Å². The second-order valence-corrected chi connectivity index (χ2v) is 5.77. The summed E-state index contributed by atoms with van der Waals surface area (Å²) in [6.45, 7) is 5.50. The van der Waals surface area contributed by atoms with Crippen LogP contribution in [-0.2, 0) is 4.79 Å². The van der Waals surface area contributed by atoms with Gasteiger partial charge in [0.15, 0.2) is 0 Å². The Bertz CT molecular complexity index is 271. The number of nitrogens with two attached hydrogens (primary N) is 1. The second kappa shape index (κ2) is 3.46. The molecule has 1 saturated carbocycles. The van der Waals surface area contributed by atoms with E-state index in [-0.39, 0.29) is 16.9 Å². The summed E-state index contributed by atoms with van der Waals surface area (Å²) >= 11 is 0. The SMILES string of the molecule is CC(C)(CN)CN1NC2(CCC2)CC1=O. The zero-order valence-corrected chi connectivity index (χ0v) is 9.68. The van der Waals surface area contributed by atoms with Crippen molar-refractivity contribution in [3.05, 3.63) is 0 Å². The van der Waals surface area contributed by atoms with E-state index < -0.39 is 0 Å². The highest BCUT2D eigenvalue weighted by molar-refractivity contribution is 5.79. The van der Waals surface area contributed by atoms with Crippen molar-refractivity contribution in [2.75, 3.05) is 13.1 Å². The van der Waals surface area contributed by atoms with E-state index >= 15 is 0 Å². The van der Waals surface area contributed by atoms with Gasteiger partial charge in [-0.25, -0.2) is 5.43 Å². The number of carbonyl (C=O) groups is 1. The molecule has 0 aromatic rings. The topological polar surface area (TPSA) is 58.4 Å². The molecule has 1 saturated heterocycles. The third kappa shape index (κ3) is 2.01. The number of rotatable bonds is 3. The fourth-order valence-electron chi connectivity index (χ4n) is 2.29. The smallest absolute Gasteiger partial charge is 0.238 e. The summed E-state index contributed by atoms with van der Waals surface area (Å²) in [7, 11) is 0. The van der Waals surface area contributed by atoms with Crippen molar-refractivity contribution < 1.29 is 4.79 Å². The molecule has 86 valence electrons. The lowest BCUT2D eigenvalue weighted by molar-refractivity contribution is -0.130. The minimum atomic E-state index is -0.00205. The van der Waals surface area contributed by atoms with Gasteiger partial charge in [0.05, 0.1) is 0 Å². The summed E-state index contributed by atoms with van der Waals surface area (Å²) < 4.78 is 0. The van der Waals surface area contributed by atoms with Gasteiger partial charge in [0.25, 0.3) is 0 Å².